The fourth-order valence-corrected chi connectivity index (χ4v) is 4.38. The van der Waals surface area contributed by atoms with Crippen LogP contribution in [0.1, 0.15) is 17.3 Å². The molecule has 2 aromatic carbocycles. The van der Waals surface area contributed by atoms with E-state index in [0.29, 0.717) is 18.8 Å². The monoisotopic (exact) mass is 451 g/mol. The lowest BCUT2D eigenvalue weighted by atomic mass is 10.0. The van der Waals surface area contributed by atoms with Crippen molar-refractivity contribution in [1.29, 1.82) is 0 Å². The third-order valence-electron chi connectivity index (χ3n) is 6.29. The first-order valence-corrected chi connectivity index (χ1v) is 11.3. The van der Waals surface area contributed by atoms with Gasteiger partial charge in [0.1, 0.15) is 5.82 Å². The summed E-state index contributed by atoms with van der Waals surface area (Å²) in [6, 6.07) is 15.0. The predicted molar refractivity (Wildman–Crippen MR) is 128 cm³/mol. The van der Waals surface area contributed by atoms with Crippen LogP contribution in [0.4, 0.5) is 4.39 Å². The van der Waals surface area contributed by atoms with Gasteiger partial charge in [-0.25, -0.2) is 9.18 Å². The summed E-state index contributed by atoms with van der Waals surface area (Å²) in [4.78, 5) is 29.2. The molecule has 174 valence electrons. The maximum atomic E-state index is 14.7. The number of hydrogen-bond donors (Lipinski definition) is 2. The molecule has 1 aliphatic heterocycles. The Morgan fingerprint density at radius 2 is 1.64 bits per heavy atom. The average molecular weight is 452 g/mol. The van der Waals surface area contributed by atoms with Gasteiger partial charge in [0.05, 0.1) is 12.1 Å². The normalized spacial score (nSPS) is 15.5. The molecule has 1 saturated heterocycles. The maximum absolute atomic E-state index is 14.7. The van der Waals surface area contributed by atoms with Gasteiger partial charge >= 0.3 is 5.69 Å². The molecule has 7 nitrogen and oxygen atoms in total. The largest absolute Gasteiger partial charge is 0.331 e. The van der Waals surface area contributed by atoms with Crippen molar-refractivity contribution in [3.8, 4) is 11.1 Å². The number of nitrogens with one attached hydrogen (secondary N) is 1. The van der Waals surface area contributed by atoms with Crippen LogP contribution in [-0.2, 0) is 13.1 Å². The molecule has 0 spiro atoms. The van der Waals surface area contributed by atoms with Crippen LogP contribution < -0.4 is 22.3 Å². The minimum atomic E-state index is -0.547. The first-order valence-electron chi connectivity index (χ1n) is 11.3. The molecule has 8 heteroatoms. The summed E-state index contributed by atoms with van der Waals surface area (Å²) < 4.78 is 17.5. The molecule has 2 heterocycles. The molecule has 1 fully saturated rings. The summed E-state index contributed by atoms with van der Waals surface area (Å²) in [5, 5.41) is 3.32. The lowest BCUT2D eigenvalue weighted by molar-refractivity contribution is 0.230. The Labute approximate surface area is 192 Å². The van der Waals surface area contributed by atoms with Crippen molar-refractivity contribution in [2.24, 2.45) is 5.73 Å². The highest BCUT2D eigenvalue weighted by atomic mass is 19.1. The summed E-state index contributed by atoms with van der Waals surface area (Å²) in [7, 11) is 0. The molecule has 0 aliphatic carbocycles. The molecule has 33 heavy (non-hydrogen) atoms. The van der Waals surface area contributed by atoms with Crippen LogP contribution >= 0.6 is 0 Å². The first-order chi connectivity index (χ1) is 16.0. The molecule has 0 radical (unpaired) electrons. The van der Waals surface area contributed by atoms with E-state index < -0.39 is 23.1 Å². The van der Waals surface area contributed by atoms with E-state index in [9.17, 15) is 14.0 Å². The minimum Gasteiger partial charge on any atom is -0.322 e. The molecule has 4 rings (SSSR count). The molecule has 1 aromatic heterocycles. The summed E-state index contributed by atoms with van der Waals surface area (Å²) in [5.74, 6) is -0.496. The SMILES string of the molecule is Cc1c(-c2ccccc2F)c(=O)n(C[C@H](N)c2ccccc2)c(=O)n1CCN1CCNCC1. The van der Waals surface area contributed by atoms with Crippen molar-refractivity contribution < 1.29 is 4.39 Å². The van der Waals surface area contributed by atoms with Gasteiger partial charge in [-0.05, 0) is 18.6 Å². The second-order valence-electron chi connectivity index (χ2n) is 8.40. The van der Waals surface area contributed by atoms with Gasteiger partial charge < -0.3 is 11.1 Å². The number of nitrogens with zero attached hydrogens (tertiary/aromatic N) is 3. The zero-order chi connectivity index (χ0) is 23.4. The topological polar surface area (TPSA) is 85.3 Å². The Balaban J connectivity index is 1.79. The Bertz CT molecular complexity index is 1220. The van der Waals surface area contributed by atoms with Gasteiger partial charge in [0.15, 0.2) is 0 Å². The zero-order valence-electron chi connectivity index (χ0n) is 18.8. The number of benzene rings is 2. The number of hydrogen-bond acceptors (Lipinski definition) is 5. The molecule has 0 amide bonds. The van der Waals surface area contributed by atoms with Gasteiger partial charge in [0, 0.05) is 56.6 Å². The lowest BCUT2D eigenvalue weighted by Crippen LogP contribution is -2.47. The van der Waals surface area contributed by atoms with Crippen LogP contribution in [0.25, 0.3) is 11.1 Å². The van der Waals surface area contributed by atoms with Crippen molar-refractivity contribution >= 4 is 0 Å². The summed E-state index contributed by atoms with van der Waals surface area (Å²) in [6.45, 7) is 6.40. The van der Waals surface area contributed by atoms with Crippen LogP contribution in [-0.4, -0.2) is 46.8 Å². The van der Waals surface area contributed by atoms with Gasteiger partial charge in [0.25, 0.3) is 5.56 Å². The number of aromatic nitrogens is 2. The molecule has 1 aliphatic rings. The van der Waals surface area contributed by atoms with Gasteiger partial charge in [-0.3, -0.25) is 18.8 Å². The lowest BCUT2D eigenvalue weighted by Gasteiger charge is -2.28. The van der Waals surface area contributed by atoms with Crippen LogP contribution in [0.15, 0.2) is 64.2 Å². The quantitative estimate of drug-likeness (QED) is 0.572. The number of rotatable bonds is 7. The number of nitrogens with two attached hydrogens (primary N) is 1. The third kappa shape index (κ3) is 4.98. The highest BCUT2D eigenvalue weighted by Gasteiger charge is 2.22. The van der Waals surface area contributed by atoms with Gasteiger partial charge in [-0.2, -0.15) is 0 Å². The highest BCUT2D eigenvalue weighted by Crippen LogP contribution is 2.22. The molecular formula is C25H30FN5O2. The Morgan fingerprint density at radius 1 is 0.970 bits per heavy atom. The predicted octanol–water partition coefficient (Wildman–Crippen LogP) is 1.73. The highest BCUT2D eigenvalue weighted by molar-refractivity contribution is 5.65. The smallest absolute Gasteiger partial charge is 0.322 e. The second kappa shape index (κ2) is 10.2. The molecule has 3 aromatic rings. The van der Waals surface area contributed by atoms with E-state index in [4.69, 9.17) is 5.73 Å². The van der Waals surface area contributed by atoms with Gasteiger partial charge in [-0.15, -0.1) is 0 Å². The second-order valence-corrected chi connectivity index (χ2v) is 8.40. The van der Waals surface area contributed by atoms with Crippen molar-refractivity contribution in [3.63, 3.8) is 0 Å². The van der Waals surface area contributed by atoms with E-state index in [2.05, 4.69) is 10.2 Å². The van der Waals surface area contributed by atoms with Crippen LogP contribution in [0, 0.1) is 12.7 Å². The minimum absolute atomic E-state index is 0.0110. The van der Waals surface area contributed by atoms with E-state index in [-0.39, 0.29) is 17.7 Å². The van der Waals surface area contributed by atoms with Crippen molar-refractivity contribution in [2.75, 3.05) is 32.7 Å². The summed E-state index contributed by atoms with van der Waals surface area (Å²) in [5.41, 5.74) is 7.11. The third-order valence-corrected chi connectivity index (χ3v) is 6.29. The molecule has 0 saturated carbocycles. The van der Waals surface area contributed by atoms with E-state index in [1.165, 1.54) is 6.07 Å². The Hall–Kier alpha value is -3.07. The molecule has 1 atom stereocenters. The van der Waals surface area contributed by atoms with Crippen molar-refractivity contribution in [2.45, 2.75) is 26.1 Å². The van der Waals surface area contributed by atoms with E-state index in [0.717, 1.165) is 36.3 Å². The van der Waals surface area contributed by atoms with E-state index >= 15 is 0 Å². The van der Waals surface area contributed by atoms with E-state index in [1.807, 2.05) is 30.3 Å². The van der Waals surface area contributed by atoms with Gasteiger partial charge in [-0.1, -0.05) is 48.5 Å². The number of piperazine rings is 1. The standard InChI is InChI=1S/C25H30FN5O2/c1-18-23(20-9-5-6-10-21(20)26)24(32)31(17-22(27)19-7-3-2-4-8-19)25(33)30(18)16-15-29-13-11-28-12-14-29/h2-10,22,28H,11-17,27H2,1H3/t22-/m0/s1. The Kier molecular flexibility index (Phi) is 7.17. The van der Waals surface area contributed by atoms with E-state index in [1.54, 1.807) is 29.7 Å². The first kappa shape index (κ1) is 23.1. The van der Waals surface area contributed by atoms with Crippen molar-refractivity contribution in [3.05, 3.63) is 92.5 Å². The summed E-state index contributed by atoms with van der Waals surface area (Å²) in [6.07, 6.45) is 0. The fraction of sp³-hybridized carbons (Fsp3) is 0.360. The summed E-state index contributed by atoms with van der Waals surface area (Å²) >= 11 is 0. The average Bonchev–Trinajstić information content (AvgIpc) is 2.84. The Morgan fingerprint density at radius 3 is 2.33 bits per heavy atom. The number of halogens is 1. The molecule has 0 bridgehead atoms. The molecular weight excluding hydrogens is 421 g/mol. The molecule has 0 unspecified atom stereocenters. The van der Waals surface area contributed by atoms with Crippen LogP contribution in [0.2, 0.25) is 0 Å². The fourth-order valence-electron chi connectivity index (χ4n) is 4.38. The maximum Gasteiger partial charge on any atom is 0.331 e. The zero-order valence-corrected chi connectivity index (χ0v) is 18.8. The van der Waals surface area contributed by atoms with Crippen LogP contribution in [0.5, 0.6) is 0 Å². The van der Waals surface area contributed by atoms with Crippen molar-refractivity contribution in [1.82, 2.24) is 19.4 Å². The molecule has 3 N–H and O–H groups in total. The van der Waals surface area contributed by atoms with Crippen LogP contribution in [0.3, 0.4) is 0 Å². The van der Waals surface area contributed by atoms with Gasteiger partial charge in [0.2, 0.25) is 0 Å².